The first-order valence-electron chi connectivity index (χ1n) is 10.3. The molecule has 1 saturated heterocycles. The second kappa shape index (κ2) is 10.1. The first-order valence-corrected chi connectivity index (χ1v) is 10.3. The van der Waals surface area contributed by atoms with Gasteiger partial charge in [0.25, 0.3) is 5.91 Å². The molecule has 0 saturated carbocycles. The van der Waals surface area contributed by atoms with Crippen LogP contribution in [0, 0.1) is 0 Å². The van der Waals surface area contributed by atoms with Crippen LogP contribution < -0.4 is 9.64 Å². The Balaban J connectivity index is 1.47. The van der Waals surface area contributed by atoms with Crippen LogP contribution in [-0.2, 0) is 4.74 Å². The number of benzene rings is 3. The van der Waals surface area contributed by atoms with Gasteiger partial charge in [0, 0.05) is 36.6 Å². The van der Waals surface area contributed by atoms with Crippen LogP contribution in [0.1, 0.15) is 10.4 Å². The third-order valence-electron chi connectivity index (χ3n) is 5.11. The van der Waals surface area contributed by atoms with Gasteiger partial charge in [0.05, 0.1) is 13.2 Å². The number of carbonyl (C=O) groups is 1. The highest BCUT2D eigenvalue weighted by atomic mass is 16.5. The highest BCUT2D eigenvalue weighted by molar-refractivity contribution is 6.10. The van der Waals surface area contributed by atoms with Crippen LogP contribution in [-0.4, -0.2) is 50.3 Å². The molecule has 1 heterocycles. The first-order chi connectivity index (χ1) is 14.8. The first kappa shape index (κ1) is 20.1. The number of morpholine rings is 1. The molecule has 0 aromatic heterocycles. The van der Waals surface area contributed by atoms with E-state index in [2.05, 4.69) is 4.90 Å². The number of ether oxygens (including phenoxy) is 2. The van der Waals surface area contributed by atoms with Crippen LogP contribution in [0.2, 0.25) is 0 Å². The molecule has 0 radical (unpaired) electrons. The average molecular weight is 402 g/mol. The molecule has 1 amide bonds. The van der Waals surface area contributed by atoms with E-state index in [9.17, 15) is 4.79 Å². The fraction of sp³-hybridized carbons (Fsp3) is 0.240. The summed E-state index contributed by atoms with van der Waals surface area (Å²) in [7, 11) is 0. The minimum absolute atomic E-state index is 0.0669. The van der Waals surface area contributed by atoms with E-state index in [-0.39, 0.29) is 5.91 Å². The van der Waals surface area contributed by atoms with E-state index >= 15 is 0 Å². The molecule has 30 heavy (non-hydrogen) atoms. The van der Waals surface area contributed by atoms with Crippen molar-refractivity contribution < 1.29 is 14.3 Å². The van der Waals surface area contributed by atoms with Crippen molar-refractivity contribution in [3.8, 4) is 5.75 Å². The van der Waals surface area contributed by atoms with Gasteiger partial charge in [-0.05, 0) is 48.5 Å². The molecule has 0 spiro atoms. The number of hydrogen-bond donors (Lipinski definition) is 0. The molecule has 5 heteroatoms. The van der Waals surface area contributed by atoms with Crippen LogP contribution in [0.4, 0.5) is 11.4 Å². The molecule has 0 aliphatic carbocycles. The normalized spacial score (nSPS) is 14.3. The third kappa shape index (κ3) is 5.06. The fourth-order valence-electron chi connectivity index (χ4n) is 3.48. The van der Waals surface area contributed by atoms with E-state index in [1.54, 1.807) is 4.90 Å². The van der Waals surface area contributed by atoms with Crippen LogP contribution >= 0.6 is 0 Å². The summed E-state index contributed by atoms with van der Waals surface area (Å²) < 4.78 is 11.3. The molecule has 0 atom stereocenters. The molecule has 4 rings (SSSR count). The topological polar surface area (TPSA) is 42.0 Å². The van der Waals surface area contributed by atoms with Gasteiger partial charge in [-0.1, -0.05) is 36.4 Å². The third-order valence-corrected chi connectivity index (χ3v) is 5.11. The Bertz CT molecular complexity index is 924. The lowest BCUT2D eigenvalue weighted by Crippen LogP contribution is -2.38. The van der Waals surface area contributed by atoms with Crippen LogP contribution in [0.3, 0.4) is 0 Å². The lowest BCUT2D eigenvalue weighted by atomic mass is 10.1. The van der Waals surface area contributed by atoms with E-state index in [1.165, 1.54) is 0 Å². The van der Waals surface area contributed by atoms with Gasteiger partial charge in [0.1, 0.15) is 12.4 Å². The van der Waals surface area contributed by atoms with Gasteiger partial charge in [-0.2, -0.15) is 0 Å². The minimum atomic E-state index is -0.0669. The maximum Gasteiger partial charge on any atom is 0.262 e. The number of nitrogens with zero attached hydrogens (tertiary/aromatic N) is 2. The largest absolute Gasteiger partial charge is 0.492 e. The highest BCUT2D eigenvalue weighted by Crippen LogP contribution is 2.29. The molecule has 0 unspecified atom stereocenters. The molecule has 3 aromatic rings. The number of carbonyl (C=O) groups excluding carboxylic acids is 1. The summed E-state index contributed by atoms with van der Waals surface area (Å²) >= 11 is 0. The van der Waals surface area contributed by atoms with Gasteiger partial charge in [0.2, 0.25) is 0 Å². The number of amides is 1. The van der Waals surface area contributed by atoms with Crippen molar-refractivity contribution >= 4 is 17.3 Å². The van der Waals surface area contributed by atoms with Gasteiger partial charge in [-0.15, -0.1) is 0 Å². The van der Waals surface area contributed by atoms with Crippen molar-refractivity contribution in [1.82, 2.24) is 4.90 Å². The van der Waals surface area contributed by atoms with Crippen molar-refractivity contribution in [2.45, 2.75) is 0 Å². The van der Waals surface area contributed by atoms with Gasteiger partial charge >= 0.3 is 0 Å². The number of para-hydroxylation sites is 1. The lowest BCUT2D eigenvalue weighted by Gasteiger charge is -2.26. The van der Waals surface area contributed by atoms with Gasteiger partial charge in [-0.3, -0.25) is 14.6 Å². The summed E-state index contributed by atoms with van der Waals surface area (Å²) in [5.74, 6) is 0.731. The van der Waals surface area contributed by atoms with Crippen LogP contribution in [0.15, 0.2) is 84.9 Å². The molecule has 154 valence electrons. The van der Waals surface area contributed by atoms with Crippen LogP contribution in [0.5, 0.6) is 5.75 Å². The summed E-state index contributed by atoms with van der Waals surface area (Å²) in [5.41, 5.74) is 2.27. The molecule has 3 aromatic carbocycles. The Kier molecular flexibility index (Phi) is 6.75. The zero-order valence-electron chi connectivity index (χ0n) is 16.9. The number of anilines is 2. The van der Waals surface area contributed by atoms with E-state index in [0.717, 1.165) is 50.0 Å². The molecular weight excluding hydrogens is 376 g/mol. The zero-order valence-corrected chi connectivity index (χ0v) is 16.9. The maximum atomic E-state index is 13.3. The molecule has 1 fully saturated rings. The Hall–Kier alpha value is -3.15. The summed E-state index contributed by atoms with van der Waals surface area (Å²) in [5, 5.41) is 0. The van der Waals surface area contributed by atoms with Crippen molar-refractivity contribution in [2.24, 2.45) is 0 Å². The highest BCUT2D eigenvalue weighted by Gasteiger charge is 2.19. The second-order valence-electron chi connectivity index (χ2n) is 7.14. The van der Waals surface area contributed by atoms with E-state index in [4.69, 9.17) is 9.47 Å². The fourth-order valence-corrected chi connectivity index (χ4v) is 3.48. The standard InChI is InChI=1S/C25H26N2O3/c28-25(21-7-3-1-4-8-21)27(22-9-5-2-6-10-22)23-11-13-24(14-12-23)30-20-17-26-15-18-29-19-16-26/h1-14H,15-20H2. The second-order valence-corrected chi connectivity index (χ2v) is 7.14. The molecule has 5 nitrogen and oxygen atoms in total. The quantitative estimate of drug-likeness (QED) is 0.588. The molecule has 0 bridgehead atoms. The van der Waals surface area contributed by atoms with Gasteiger partial charge in [-0.25, -0.2) is 0 Å². The summed E-state index contributed by atoms with van der Waals surface area (Å²) in [6.07, 6.45) is 0. The monoisotopic (exact) mass is 402 g/mol. The SMILES string of the molecule is O=C(c1ccccc1)N(c1ccccc1)c1ccc(OCCN2CCOCC2)cc1. The maximum absolute atomic E-state index is 13.3. The Labute approximate surface area is 177 Å². The molecule has 0 N–H and O–H groups in total. The Morgan fingerprint density at radius 3 is 2.10 bits per heavy atom. The summed E-state index contributed by atoms with van der Waals surface area (Å²) in [6, 6.07) is 26.7. The molecular formula is C25H26N2O3. The minimum Gasteiger partial charge on any atom is -0.492 e. The predicted molar refractivity (Wildman–Crippen MR) is 119 cm³/mol. The van der Waals surface area contributed by atoms with Crippen molar-refractivity contribution in [3.05, 3.63) is 90.5 Å². The van der Waals surface area contributed by atoms with Crippen molar-refractivity contribution in [3.63, 3.8) is 0 Å². The van der Waals surface area contributed by atoms with E-state index in [1.807, 2.05) is 84.9 Å². The number of hydrogen-bond acceptors (Lipinski definition) is 4. The zero-order chi connectivity index (χ0) is 20.6. The van der Waals surface area contributed by atoms with Crippen molar-refractivity contribution in [2.75, 3.05) is 44.4 Å². The smallest absolute Gasteiger partial charge is 0.262 e. The average Bonchev–Trinajstić information content (AvgIpc) is 2.82. The Morgan fingerprint density at radius 2 is 1.43 bits per heavy atom. The summed E-state index contributed by atoms with van der Waals surface area (Å²) in [4.78, 5) is 17.3. The molecule has 1 aliphatic heterocycles. The van der Waals surface area contributed by atoms with Gasteiger partial charge < -0.3 is 9.47 Å². The molecule has 1 aliphatic rings. The lowest BCUT2D eigenvalue weighted by molar-refractivity contribution is 0.0322. The van der Waals surface area contributed by atoms with Crippen molar-refractivity contribution in [1.29, 1.82) is 0 Å². The van der Waals surface area contributed by atoms with Gasteiger partial charge in [0.15, 0.2) is 0 Å². The van der Waals surface area contributed by atoms with E-state index in [0.29, 0.717) is 12.2 Å². The predicted octanol–water partition coefficient (Wildman–Crippen LogP) is 4.38. The number of rotatable bonds is 7. The van der Waals surface area contributed by atoms with Crippen LogP contribution in [0.25, 0.3) is 0 Å². The summed E-state index contributed by atoms with van der Waals surface area (Å²) in [6.45, 7) is 5.00. The Morgan fingerprint density at radius 1 is 0.833 bits per heavy atom. The van der Waals surface area contributed by atoms with E-state index < -0.39 is 0 Å².